The normalized spacial score (nSPS) is 15.8. The van der Waals surface area contributed by atoms with Gasteiger partial charge >= 0.3 is 0 Å². The molecule has 0 bridgehead atoms. The second kappa shape index (κ2) is 9.17. The van der Waals surface area contributed by atoms with E-state index in [1.807, 2.05) is 24.4 Å². The summed E-state index contributed by atoms with van der Waals surface area (Å²) in [6.45, 7) is 5.87. The third kappa shape index (κ3) is 5.18. The van der Waals surface area contributed by atoms with E-state index < -0.39 is 0 Å². The number of nitrogens with one attached hydrogen (secondary N) is 2. The highest BCUT2D eigenvalue weighted by molar-refractivity contribution is 5.79. The second-order valence-electron chi connectivity index (χ2n) is 6.79. The van der Waals surface area contributed by atoms with E-state index >= 15 is 0 Å². The average Bonchev–Trinajstić information content (AvgIpc) is 2.70. The Kier molecular flexibility index (Phi) is 6.41. The number of anilines is 1. The van der Waals surface area contributed by atoms with Crippen LogP contribution in [-0.2, 0) is 13.1 Å². The van der Waals surface area contributed by atoms with Crippen LogP contribution in [-0.4, -0.2) is 36.1 Å². The Morgan fingerprint density at radius 2 is 1.92 bits per heavy atom. The van der Waals surface area contributed by atoms with Crippen LogP contribution in [0.3, 0.4) is 0 Å². The number of aromatic nitrogens is 2. The zero-order valence-corrected chi connectivity index (χ0v) is 15.7. The maximum atomic E-state index is 4.64. The smallest absolute Gasteiger partial charge is 0.191 e. The summed E-state index contributed by atoms with van der Waals surface area (Å²) >= 11 is 0. The maximum Gasteiger partial charge on any atom is 0.191 e. The van der Waals surface area contributed by atoms with Gasteiger partial charge in [0.25, 0.3) is 0 Å². The summed E-state index contributed by atoms with van der Waals surface area (Å²) in [6.07, 6.45) is 6.25. The van der Waals surface area contributed by atoms with E-state index in [9.17, 15) is 0 Å². The van der Waals surface area contributed by atoms with E-state index in [2.05, 4.69) is 49.6 Å². The van der Waals surface area contributed by atoms with Crippen LogP contribution in [0.15, 0.2) is 47.7 Å². The maximum absolute atomic E-state index is 4.64. The van der Waals surface area contributed by atoms with Crippen LogP contribution in [0.4, 0.5) is 5.82 Å². The molecule has 6 heteroatoms. The van der Waals surface area contributed by atoms with Gasteiger partial charge in [-0.3, -0.25) is 9.98 Å². The highest BCUT2D eigenvalue weighted by Gasteiger charge is 2.16. The van der Waals surface area contributed by atoms with Crippen LogP contribution >= 0.6 is 0 Å². The van der Waals surface area contributed by atoms with Gasteiger partial charge in [-0.2, -0.15) is 0 Å². The van der Waals surface area contributed by atoms with E-state index in [1.165, 1.54) is 12.8 Å². The molecular weight excluding hydrogens is 324 g/mol. The van der Waals surface area contributed by atoms with E-state index in [1.54, 1.807) is 13.2 Å². The number of rotatable bonds is 5. The Morgan fingerprint density at radius 1 is 1.12 bits per heavy atom. The summed E-state index contributed by atoms with van der Waals surface area (Å²) in [5.41, 5.74) is 2.12. The minimum atomic E-state index is 0.644. The Labute approximate surface area is 155 Å². The number of hydrogen-bond acceptors (Lipinski definition) is 4. The van der Waals surface area contributed by atoms with Gasteiger partial charge in [-0.15, -0.1) is 0 Å². The fraction of sp³-hybridized carbons (Fsp3) is 0.450. The molecule has 1 saturated heterocycles. The van der Waals surface area contributed by atoms with Crippen molar-refractivity contribution in [1.29, 1.82) is 0 Å². The Morgan fingerprint density at radius 3 is 2.58 bits per heavy atom. The molecule has 0 saturated carbocycles. The molecule has 0 radical (unpaired) electrons. The molecule has 0 aliphatic carbocycles. The SMILES string of the molecule is CN=C(NCc1ccc(N2CCC(C)CC2)nc1)NCc1ccccn1. The van der Waals surface area contributed by atoms with Crippen LogP contribution in [0.2, 0.25) is 0 Å². The van der Waals surface area contributed by atoms with Gasteiger partial charge < -0.3 is 15.5 Å². The molecule has 2 N–H and O–H groups in total. The van der Waals surface area contributed by atoms with Gasteiger partial charge in [0.2, 0.25) is 0 Å². The minimum Gasteiger partial charge on any atom is -0.357 e. The number of piperidine rings is 1. The molecule has 2 aromatic rings. The van der Waals surface area contributed by atoms with E-state index in [4.69, 9.17) is 0 Å². The van der Waals surface area contributed by atoms with Gasteiger partial charge in [0.1, 0.15) is 5.82 Å². The lowest BCUT2D eigenvalue weighted by atomic mass is 9.99. The van der Waals surface area contributed by atoms with Gasteiger partial charge in [0.15, 0.2) is 5.96 Å². The van der Waals surface area contributed by atoms with E-state index in [0.717, 1.165) is 42.0 Å². The molecule has 26 heavy (non-hydrogen) atoms. The first-order chi connectivity index (χ1) is 12.7. The van der Waals surface area contributed by atoms with E-state index in [-0.39, 0.29) is 0 Å². The first-order valence-electron chi connectivity index (χ1n) is 9.29. The lowest BCUT2D eigenvalue weighted by Crippen LogP contribution is -2.36. The molecule has 3 heterocycles. The lowest BCUT2D eigenvalue weighted by molar-refractivity contribution is 0.436. The molecule has 1 aliphatic rings. The van der Waals surface area contributed by atoms with Crippen molar-refractivity contribution >= 4 is 11.8 Å². The highest BCUT2D eigenvalue weighted by Crippen LogP contribution is 2.21. The van der Waals surface area contributed by atoms with Gasteiger partial charge in [-0.25, -0.2) is 4.98 Å². The average molecular weight is 352 g/mol. The molecule has 1 fully saturated rings. The predicted octanol–water partition coefficient (Wildman–Crippen LogP) is 2.58. The second-order valence-corrected chi connectivity index (χ2v) is 6.79. The monoisotopic (exact) mass is 352 g/mol. The Bertz CT molecular complexity index is 690. The number of guanidine groups is 1. The summed E-state index contributed by atoms with van der Waals surface area (Å²) in [6, 6.07) is 10.1. The quantitative estimate of drug-likeness (QED) is 0.640. The molecule has 0 aromatic carbocycles. The third-order valence-corrected chi connectivity index (χ3v) is 4.76. The van der Waals surface area contributed by atoms with E-state index in [0.29, 0.717) is 13.1 Å². The first-order valence-corrected chi connectivity index (χ1v) is 9.29. The molecular formula is C20H28N6. The topological polar surface area (TPSA) is 65.4 Å². The molecule has 1 aliphatic heterocycles. The summed E-state index contributed by atoms with van der Waals surface area (Å²) in [7, 11) is 1.77. The number of pyridine rings is 2. The largest absolute Gasteiger partial charge is 0.357 e. The molecule has 3 rings (SSSR count). The van der Waals surface area contributed by atoms with Crippen LogP contribution in [0.5, 0.6) is 0 Å². The van der Waals surface area contributed by atoms with Crippen molar-refractivity contribution in [1.82, 2.24) is 20.6 Å². The predicted molar refractivity (Wildman–Crippen MR) is 106 cm³/mol. The fourth-order valence-electron chi connectivity index (χ4n) is 3.03. The van der Waals surface area contributed by atoms with Crippen molar-refractivity contribution in [3.05, 3.63) is 54.0 Å². The van der Waals surface area contributed by atoms with Crippen LogP contribution < -0.4 is 15.5 Å². The Balaban J connectivity index is 1.47. The molecule has 0 spiro atoms. The van der Waals surface area contributed by atoms with Crippen LogP contribution in [0, 0.1) is 5.92 Å². The van der Waals surface area contributed by atoms with Crippen molar-refractivity contribution in [2.45, 2.75) is 32.9 Å². The van der Waals surface area contributed by atoms with Crippen LogP contribution in [0.25, 0.3) is 0 Å². The molecule has 0 unspecified atom stereocenters. The van der Waals surface area contributed by atoms with Crippen molar-refractivity contribution in [3.8, 4) is 0 Å². The summed E-state index contributed by atoms with van der Waals surface area (Å²) < 4.78 is 0. The molecule has 138 valence electrons. The fourth-order valence-corrected chi connectivity index (χ4v) is 3.03. The standard InChI is InChI=1S/C20H28N6/c1-16-8-11-26(12-9-16)19-7-6-17(13-23-19)14-24-20(21-2)25-15-18-5-3-4-10-22-18/h3-7,10,13,16H,8-9,11-12,14-15H2,1-2H3,(H2,21,24,25). The van der Waals surface area contributed by atoms with Crippen molar-refractivity contribution in [3.63, 3.8) is 0 Å². The first kappa shape index (κ1) is 18.2. The van der Waals surface area contributed by atoms with Gasteiger partial charge in [-0.1, -0.05) is 19.1 Å². The summed E-state index contributed by atoms with van der Waals surface area (Å²) in [4.78, 5) is 15.6. The number of hydrogen-bond donors (Lipinski definition) is 2. The zero-order chi connectivity index (χ0) is 18.2. The van der Waals surface area contributed by atoms with Gasteiger partial charge in [0.05, 0.1) is 12.2 Å². The molecule has 0 amide bonds. The minimum absolute atomic E-state index is 0.644. The van der Waals surface area contributed by atoms with Crippen molar-refractivity contribution in [2.24, 2.45) is 10.9 Å². The summed E-state index contributed by atoms with van der Waals surface area (Å²) in [5.74, 6) is 2.67. The van der Waals surface area contributed by atoms with Crippen molar-refractivity contribution in [2.75, 3.05) is 25.0 Å². The summed E-state index contributed by atoms with van der Waals surface area (Å²) in [5, 5.41) is 6.59. The molecule has 0 atom stereocenters. The van der Waals surface area contributed by atoms with Gasteiger partial charge in [-0.05, 0) is 42.5 Å². The van der Waals surface area contributed by atoms with Gasteiger partial charge in [0, 0.05) is 39.1 Å². The van der Waals surface area contributed by atoms with Crippen molar-refractivity contribution < 1.29 is 0 Å². The van der Waals surface area contributed by atoms with Crippen LogP contribution in [0.1, 0.15) is 31.0 Å². The third-order valence-electron chi connectivity index (χ3n) is 4.76. The lowest BCUT2D eigenvalue weighted by Gasteiger charge is -2.31. The number of aliphatic imine (C=N–C) groups is 1. The molecule has 6 nitrogen and oxygen atoms in total. The Hall–Kier alpha value is -2.63. The molecule has 2 aromatic heterocycles. The zero-order valence-electron chi connectivity index (χ0n) is 15.7. The number of nitrogens with zero attached hydrogens (tertiary/aromatic N) is 4. The highest BCUT2D eigenvalue weighted by atomic mass is 15.2.